The van der Waals surface area contributed by atoms with E-state index in [2.05, 4.69) is 129 Å². The van der Waals surface area contributed by atoms with Crippen molar-refractivity contribution in [2.45, 2.75) is 12.8 Å². The fourth-order valence-corrected chi connectivity index (χ4v) is 7.54. The van der Waals surface area contributed by atoms with Crippen molar-refractivity contribution in [1.82, 2.24) is 44.1 Å². The first kappa shape index (κ1) is 27.4. The Morgan fingerprint density at radius 3 is 1.06 bits per heavy atom. The third-order valence-corrected chi connectivity index (χ3v) is 9.63. The molecule has 0 saturated heterocycles. The fraction of sp³-hybridized carbons (Fsp3) is 0.0500. The third kappa shape index (κ3) is 4.33. The van der Waals surface area contributed by atoms with Gasteiger partial charge in [-0.25, -0.2) is 14.2 Å². The predicted octanol–water partition coefficient (Wildman–Crippen LogP) is 8.52. The Labute approximate surface area is 279 Å². The predicted molar refractivity (Wildman–Crippen MR) is 193 cm³/mol. The number of fused-ring (bicyclic) bond motifs is 4. The summed E-state index contributed by atoms with van der Waals surface area (Å²) in [6.45, 7) is 0. The molecule has 0 radical (unpaired) electrons. The minimum Gasteiger partial charge on any atom is -0.354 e. The van der Waals surface area contributed by atoms with Crippen LogP contribution in [-0.4, -0.2) is 44.1 Å². The van der Waals surface area contributed by atoms with E-state index in [1.165, 1.54) is 0 Å². The summed E-state index contributed by atoms with van der Waals surface area (Å²) in [4.78, 5) is 25.2. The van der Waals surface area contributed by atoms with Gasteiger partial charge in [0.15, 0.2) is 0 Å². The lowest BCUT2D eigenvalue weighted by molar-refractivity contribution is 0.749. The van der Waals surface area contributed by atoms with Gasteiger partial charge in [-0.1, -0.05) is 0 Å². The molecule has 9 aromatic rings. The van der Waals surface area contributed by atoms with E-state index < -0.39 is 0 Å². The zero-order chi connectivity index (χ0) is 32.3. The van der Waals surface area contributed by atoms with Gasteiger partial charge in [-0.05, 0) is 120 Å². The summed E-state index contributed by atoms with van der Waals surface area (Å²) in [5.41, 5.74) is 17.1. The molecule has 3 N–H and O–H groups in total. The zero-order valence-corrected chi connectivity index (χ0v) is 26.3. The Balaban J connectivity index is 1.54. The Hall–Kier alpha value is -6.74. The van der Waals surface area contributed by atoms with Crippen molar-refractivity contribution in [2.24, 2.45) is 0 Å². The van der Waals surface area contributed by atoms with Gasteiger partial charge in [-0.15, -0.1) is 0 Å². The number of rotatable bonds is 4. The number of aromatic nitrogens is 9. The molecule has 0 atom stereocenters. The molecule has 0 aromatic carbocycles. The highest BCUT2D eigenvalue weighted by Gasteiger charge is 2.23. The molecule has 1 aliphatic heterocycles. The maximum atomic E-state index is 4.36. The largest absolute Gasteiger partial charge is 0.354 e. The number of hydrogen-bond acceptors (Lipinski definition) is 4. The number of aryl methyl sites for hydroxylation is 2. The average Bonchev–Trinajstić information content (AvgIpc) is 3.98. The van der Waals surface area contributed by atoms with Gasteiger partial charge in [0.25, 0.3) is 0 Å². The Morgan fingerprint density at radius 1 is 0.367 bits per heavy atom. The second-order valence-corrected chi connectivity index (χ2v) is 12.3. The second-order valence-electron chi connectivity index (χ2n) is 12.3. The van der Waals surface area contributed by atoms with Crippen molar-refractivity contribution in [3.63, 3.8) is 0 Å². The first-order valence-electron chi connectivity index (χ1n) is 16.3. The van der Waals surface area contributed by atoms with Crippen LogP contribution in [0, 0.1) is 0 Å². The van der Waals surface area contributed by atoms with Crippen LogP contribution in [0.25, 0.3) is 77.6 Å². The second kappa shape index (κ2) is 10.9. The molecule has 0 aliphatic carbocycles. The SMILES string of the molecule is c1cc(-c2c3n4[nH]n5c(ccc5c(-c5ccncc5)c5ccc([nH]5)c(-c5ccncc5)c4CC3)c(-c3ccncc3)c3ccc2[nH]3)ccn1. The number of nitrogens with zero attached hydrogens (tertiary/aromatic N) is 6. The summed E-state index contributed by atoms with van der Waals surface area (Å²) in [5, 5.41) is 4.00. The molecular weight excluding hydrogens is 607 g/mol. The standard InChI is InChI=1S/C40H29N9/c1-2-30-38(26-11-19-42-20-12-26)34-7-8-36-40(28-15-23-44-24-16-28)32-4-3-31(46-32)39(27-13-21-43-22-14-27)35-6-5-33(48(35)47-49(34)36)37(29(1)45-30)25-9-17-41-18-10-25/h1-6,9-24,45-47H,7-8H2. The van der Waals surface area contributed by atoms with E-state index in [4.69, 9.17) is 0 Å². The number of aromatic amines is 3. The van der Waals surface area contributed by atoms with Gasteiger partial charge in [-0.3, -0.25) is 19.9 Å². The molecule has 0 amide bonds. The van der Waals surface area contributed by atoms with Crippen molar-refractivity contribution >= 4 is 33.1 Å². The van der Waals surface area contributed by atoms with Gasteiger partial charge < -0.3 is 9.97 Å². The lowest BCUT2D eigenvalue weighted by Crippen LogP contribution is -2.05. The van der Waals surface area contributed by atoms with Gasteiger partial charge >= 0.3 is 0 Å². The highest BCUT2D eigenvalue weighted by molar-refractivity contribution is 6.00. The Kier molecular flexibility index (Phi) is 6.10. The topological polar surface area (TPSA) is 108 Å². The molecule has 0 fully saturated rings. The first-order valence-corrected chi connectivity index (χ1v) is 16.3. The fourth-order valence-electron chi connectivity index (χ4n) is 7.54. The van der Waals surface area contributed by atoms with Gasteiger partial charge in [0.1, 0.15) is 0 Å². The summed E-state index contributed by atoms with van der Waals surface area (Å²) < 4.78 is 4.55. The monoisotopic (exact) mass is 635 g/mol. The summed E-state index contributed by atoms with van der Waals surface area (Å²) in [6, 6.07) is 29.8. The van der Waals surface area contributed by atoms with E-state index in [-0.39, 0.29) is 0 Å². The quantitative estimate of drug-likeness (QED) is 0.180. The van der Waals surface area contributed by atoms with Crippen LogP contribution in [0.3, 0.4) is 0 Å². The van der Waals surface area contributed by atoms with Crippen LogP contribution >= 0.6 is 0 Å². The molecule has 10 heterocycles. The van der Waals surface area contributed by atoms with Crippen LogP contribution in [-0.2, 0) is 12.8 Å². The van der Waals surface area contributed by atoms with Crippen LogP contribution < -0.4 is 0 Å². The molecule has 6 bridgehead atoms. The summed E-state index contributed by atoms with van der Waals surface area (Å²) in [7, 11) is 0. The van der Waals surface area contributed by atoms with E-state index >= 15 is 0 Å². The molecule has 10 rings (SSSR count). The molecule has 49 heavy (non-hydrogen) atoms. The normalized spacial score (nSPS) is 12.3. The molecule has 9 heteroatoms. The molecule has 1 aliphatic rings. The van der Waals surface area contributed by atoms with Gasteiger partial charge in [0.05, 0.1) is 22.4 Å². The van der Waals surface area contributed by atoms with Crippen LogP contribution in [0.4, 0.5) is 0 Å². The van der Waals surface area contributed by atoms with Crippen LogP contribution in [0.1, 0.15) is 11.4 Å². The van der Waals surface area contributed by atoms with E-state index in [1.54, 1.807) is 0 Å². The number of nitrogens with one attached hydrogen (secondary N) is 3. The highest BCUT2D eigenvalue weighted by Crippen LogP contribution is 2.39. The van der Waals surface area contributed by atoms with E-state index in [9.17, 15) is 0 Å². The molecule has 0 spiro atoms. The average molecular weight is 636 g/mol. The van der Waals surface area contributed by atoms with Gasteiger partial charge in [-0.2, -0.15) is 0 Å². The van der Waals surface area contributed by atoms with Crippen molar-refractivity contribution < 1.29 is 0 Å². The summed E-state index contributed by atoms with van der Waals surface area (Å²) in [6.07, 6.45) is 16.5. The van der Waals surface area contributed by atoms with Crippen molar-refractivity contribution in [2.75, 3.05) is 0 Å². The van der Waals surface area contributed by atoms with E-state index in [1.807, 2.05) is 49.6 Å². The number of H-pyrrole nitrogens is 3. The molecule has 0 unspecified atom stereocenters. The van der Waals surface area contributed by atoms with Crippen LogP contribution in [0.5, 0.6) is 0 Å². The Bertz CT molecular complexity index is 2560. The van der Waals surface area contributed by atoms with Crippen molar-refractivity contribution in [1.29, 1.82) is 0 Å². The minimum absolute atomic E-state index is 0.824. The summed E-state index contributed by atoms with van der Waals surface area (Å²) in [5.74, 6) is 0. The van der Waals surface area contributed by atoms with Crippen LogP contribution in [0.15, 0.2) is 135 Å². The number of pyridine rings is 4. The first-order chi connectivity index (χ1) is 24.3. The van der Waals surface area contributed by atoms with Crippen LogP contribution in [0.2, 0.25) is 0 Å². The molecular formula is C40H29N9. The lowest BCUT2D eigenvalue weighted by atomic mass is 10.0. The molecule has 0 saturated carbocycles. The van der Waals surface area contributed by atoms with Gasteiger partial charge in [0, 0.05) is 93.9 Å². The summed E-state index contributed by atoms with van der Waals surface area (Å²) >= 11 is 0. The number of hydrogen-bond donors (Lipinski definition) is 3. The maximum absolute atomic E-state index is 4.36. The highest BCUT2D eigenvalue weighted by atomic mass is 15.4. The van der Waals surface area contributed by atoms with Gasteiger partial charge in [0.2, 0.25) is 0 Å². The zero-order valence-electron chi connectivity index (χ0n) is 26.3. The van der Waals surface area contributed by atoms with E-state index in [0.29, 0.717) is 0 Å². The molecule has 234 valence electrons. The third-order valence-electron chi connectivity index (χ3n) is 9.63. The maximum Gasteiger partial charge on any atom is 0.0746 e. The smallest absolute Gasteiger partial charge is 0.0746 e. The molecule has 9 nitrogen and oxygen atoms in total. The Morgan fingerprint density at radius 2 is 0.694 bits per heavy atom. The van der Waals surface area contributed by atoms with Crippen molar-refractivity contribution in [3.05, 3.63) is 146 Å². The van der Waals surface area contributed by atoms with Crippen molar-refractivity contribution in [3.8, 4) is 44.5 Å². The lowest BCUT2D eigenvalue weighted by Gasteiger charge is -2.13. The van der Waals surface area contributed by atoms with E-state index in [0.717, 1.165) is 102 Å². The molecule has 9 aromatic heterocycles. The minimum atomic E-state index is 0.824.